The maximum Gasteiger partial charge on any atom is 0.248 e. The van der Waals surface area contributed by atoms with Gasteiger partial charge < -0.3 is 10.1 Å². The number of para-hydroxylation sites is 1. The number of phenols is 1. The minimum Gasteiger partial charge on any atom is -0.507 e. The van der Waals surface area contributed by atoms with Crippen molar-refractivity contribution in [2.45, 2.75) is 32.2 Å². The summed E-state index contributed by atoms with van der Waals surface area (Å²) in [7, 11) is 0. The number of nitrogens with one attached hydrogen (secondary N) is 1. The van der Waals surface area contributed by atoms with Gasteiger partial charge in [-0.2, -0.15) is 0 Å². The van der Waals surface area contributed by atoms with Crippen LogP contribution in [0.2, 0.25) is 0 Å². The molecule has 1 aromatic heterocycles. The van der Waals surface area contributed by atoms with Crippen LogP contribution in [0.5, 0.6) is 5.75 Å². The molecule has 0 bridgehead atoms. The summed E-state index contributed by atoms with van der Waals surface area (Å²) in [6, 6.07) is 10.8. The van der Waals surface area contributed by atoms with Gasteiger partial charge in [0.2, 0.25) is 5.56 Å². The summed E-state index contributed by atoms with van der Waals surface area (Å²) in [5.41, 5.74) is 4.90. The number of benzene rings is 1. The van der Waals surface area contributed by atoms with Crippen LogP contribution in [0.3, 0.4) is 0 Å². The number of aromatic amines is 1. The molecule has 136 valence electrons. The Bertz CT molecular complexity index is 1110. The van der Waals surface area contributed by atoms with E-state index in [1.807, 2.05) is 24.3 Å². The van der Waals surface area contributed by atoms with E-state index < -0.39 is 5.54 Å². The number of hydrogen-bond acceptors (Lipinski definition) is 3. The Morgan fingerprint density at radius 1 is 1.22 bits per heavy atom. The van der Waals surface area contributed by atoms with E-state index in [9.17, 15) is 9.90 Å². The van der Waals surface area contributed by atoms with Crippen LogP contribution >= 0.6 is 0 Å². The molecule has 2 unspecified atom stereocenters. The lowest BCUT2D eigenvalue weighted by molar-refractivity contribution is 0.0518. The van der Waals surface area contributed by atoms with Crippen LogP contribution in [0.25, 0.3) is 0 Å². The van der Waals surface area contributed by atoms with E-state index in [2.05, 4.69) is 31.0 Å². The van der Waals surface area contributed by atoms with Crippen LogP contribution in [-0.4, -0.2) is 16.3 Å². The third-order valence-corrected chi connectivity index (χ3v) is 6.64. The van der Waals surface area contributed by atoms with Gasteiger partial charge >= 0.3 is 0 Å². The van der Waals surface area contributed by atoms with Gasteiger partial charge in [0.1, 0.15) is 11.3 Å². The molecular weight excluding hydrogens is 336 g/mol. The third kappa shape index (κ3) is 1.88. The van der Waals surface area contributed by atoms with Crippen molar-refractivity contribution < 1.29 is 5.11 Å². The number of aromatic hydroxyl groups is 1. The lowest BCUT2D eigenvalue weighted by Crippen LogP contribution is -2.58. The first-order valence-electron chi connectivity index (χ1n) is 9.42. The van der Waals surface area contributed by atoms with Gasteiger partial charge in [-0.05, 0) is 50.5 Å². The molecule has 1 aromatic carbocycles. The molecular formula is C23H22N2O2. The Hall–Kier alpha value is -2.88. The molecule has 1 heterocycles. The van der Waals surface area contributed by atoms with Gasteiger partial charge in [-0.1, -0.05) is 29.9 Å². The minimum atomic E-state index is -0.470. The van der Waals surface area contributed by atoms with E-state index in [1.165, 1.54) is 11.1 Å². The second-order valence-electron chi connectivity index (χ2n) is 7.99. The SMILES string of the molecule is C/C=C1\C2C=C(C)CC23Cc2[nH]c(=O)ccc2[C@]13N=Cc1ccccc1O. The largest absolute Gasteiger partial charge is 0.507 e. The van der Waals surface area contributed by atoms with Crippen molar-refractivity contribution in [1.29, 1.82) is 0 Å². The molecule has 0 saturated heterocycles. The van der Waals surface area contributed by atoms with E-state index in [0.29, 0.717) is 11.5 Å². The highest BCUT2D eigenvalue weighted by Crippen LogP contribution is 2.75. The van der Waals surface area contributed by atoms with Gasteiger partial charge in [-0.25, -0.2) is 0 Å². The predicted octanol–water partition coefficient (Wildman–Crippen LogP) is 3.86. The summed E-state index contributed by atoms with van der Waals surface area (Å²) >= 11 is 0. The normalized spacial score (nSPS) is 32.1. The zero-order valence-electron chi connectivity index (χ0n) is 15.5. The Kier molecular flexibility index (Phi) is 3.21. The fourth-order valence-corrected chi connectivity index (χ4v) is 5.75. The Balaban J connectivity index is 1.74. The van der Waals surface area contributed by atoms with Crippen molar-refractivity contribution in [3.05, 3.63) is 86.9 Å². The first-order chi connectivity index (χ1) is 13.0. The van der Waals surface area contributed by atoms with Gasteiger partial charge in [-0.15, -0.1) is 0 Å². The first-order valence-corrected chi connectivity index (χ1v) is 9.42. The Morgan fingerprint density at radius 3 is 2.81 bits per heavy atom. The maximum absolute atomic E-state index is 11.9. The maximum atomic E-state index is 11.9. The molecule has 27 heavy (non-hydrogen) atoms. The number of pyridine rings is 1. The standard InChI is InChI=1S/C23H22N2O2/c1-3-16-18-10-14(2)11-22(18)12-19-17(8-9-21(27)25-19)23(16,22)24-13-15-6-4-5-7-20(15)26/h3-10,13,18,26H,11-12H2,1-2H3,(H,25,27)/b16-3+,24-13?/t18?,22?,23-/m1/s1. The number of aliphatic imine (C=N–C) groups is 1. The molecule has 2 N–H and O–H groups in total. The van der Waals surface area contributed by atoms with Crippen molar-refractivity contribution >= 4 is 6.21 Å². The van der Waals surface area contributed by atoms with Crippen molar-refractivity contribution in [3.63, 3.8) is 0 Å². The second-order valence-corrected chi connectivity index (χ2v) is 7.99. The number of H-pyrrole nitrogens is 1. The first kappa shape index (κ1) is 16.3. The number of nitrogens with zero attached hydrogens (tertiary/aromatic N) is 1. The summed E-state index contributed by atoms with van der Waals surface area (Å²) in [5.74, 6) is 0.588. The molecule has 0 aliphatic heterocycles. The summed E-state index contributed by atoms with van der Waals surface area (Å²) in [5, 5.41) is 10.2. The number of phenolic OH excluding ortho intramolecular Hbond substituents is 1. The molecule has 5 rings (SSSR count). The van der Waals surface area contributed by atoms with Gasteiger partial charge in [0, 0.05) is 40.4 Å². The van der Waals surface area contributed by atoms with Crippen LogP contribution in [-0.2, 0) is 12.0 Å². The zero-order valence-corrected chi connectivity index (χ0v) is 15.5. The highest BCUT2D eigenvalue weighted by atomic mass is 16.3. The van der Waals surface area contributed by atoms with Crippen molar-refractivity contribution in [2.24, 2.45) is 16.3 Å². The molecule has 0 radical (unpaired) electrons. The average Bonchev–Trinajstić information content (AvgIpc) is 3.04. The number of fused-ring (bicyclic) bond motifs is 2. The van der Waals surface area contributed by atoms with Crippen molar-refractivity contribution in [1.82, 2.24) is 4.98 Å². The summed E-state index contributed by atoms with van der Waals surface area (Å²) in [6.07, 6.45) is 8.15. The molecule has 3 aliphatic carbocycles. The fraction of sp³-hybridized carbons (Fsp3) is 0.304. The molecule has 3 atom stereocenters. The molecule has 2 aromatic rings. The summed E-state index contributed by atoms with van der Waals surface area (Å²) in [6.45, 7) is 4.26. The number of rotatable bonds is 2. The van der Waals surface area contributed by atoms with Crippen molar-refractivity contribution in [2.75, 3.05) is 0 Å². The van der Waals surface area contributed by atoms with Gasteiger partial charge in [0.25, 0.3) is 0 Å². The van der Waals surface area contributed by atoms with Gasteiger partial charge in [-0.3, -0.25) is 9.79 Å². The number of aromatic nitrogens is 1. The van der Waals surface area contributed by atoms with Crippen LogP contribution in [0.4, 0.5) is 0 Å². The molecule has 4 nitrogen and oxygen atoms in total. The van der Waals surface area contributed by atoms with E-state index in [4.69, 9.17) is 4.99 Å². The van der Waals surface area contributed by atoms with E-state index in [-0.39, 0.29) is 16.7 Å². The van der Waals surface area contributed by atoms with E-state index in [0.717, 1.165) is 24.1 Å². The topological polar surface area (TPSA) is 65.5 Å². The van der Waals surface area contributed by atoms with E-state index >= 15 is 0 Å². The highest BCUT2D eigenvalue weighted by Gasteiger charge is 2.73. The monoisotopic (exact) mass is 358 g/mol. The molecule has 1 fully saturated rings. The quantitative estimate of drug-likeness (QED) is 0.632. The number of allylic oxidation sites excluding steroid dienone is 3. The van der Waals surface area contributed by atoms with Gasteiger partial charge in [0.05, 0.1) is 0 Å². The van der Waals surface area contributed by atoms with Crippen LogP contribution < -0.4 is 5.56 Å². The minimum absolute atomic E-state index is 0.0492. The second kappa shape index (κ2) is 5.32. The van der Waals surface area contributed by atoms with Crippen LogP contribution in [0.15, 0.2) is 69.5 Å². The van der Waals surface area contributed by atoms with Crippen molar-refractivity contribution in [3.8, 4) is 5.75 Å². The molecule has 4 heteroatoms. The fourth-order valence-electron chi connectivity index (χ4n) is 5.75. The smallest absolute Gasteiger partial charge is 0.248 e. The molecule has 1 saturated carbocycles. The third-order valence-electron chi connectivity index (χ3n) is 6.64. The Labute approximate surface area is 158 Å². The summed E-state index contributed by atoms with van der Waals surface area (Å²) in [4.78, 5) is 20.1. The van der Waals surface area contributed by atoms with E-state index in [1.54, 1.807) is 18.3 Å². The predicted molar refractivity (Wildman–Crippen MR) is 106 cm³/mol. The van der Waals surface area contributed by atoms with Crippen LogP contribution in [0, 0.1) is 11.3 Å². The molecule has 3 aliphatic rings. The van der Waals surface area contributed by atoms with Gasteiger partial charge in [0.15, 0.2) is 0 Å². The number of hydrogen-bond donors (Lipinski definition) is 2. The highest BCUT2D eigenvalue weighted by molar-refractivity contribution is 5.84. The molecule has 1 spiro atoms. The van der Waals surface area contributed by atoms with Crippen LogP contribution in [0.1, 0.15) is 37.1 Å². The summed E-state index contributed by atoms with van der Waals surface area (Å²) < 4.78 is 0. The molecule has 0 amide bonds. The lowest BCUT2D eigenvalue weighted by Gasteiger charge is -2.58. The average molecular weight is 358 g/mol. The Morgan fingerprint density at radius 2 is 2.04 bits per heavy atom. The zero-order chi connectivity index (χ0) is 18.8. The lowest BCUT2D eigenvalue weighted by atomic mass is 9.46.